The molecule has 6 heteroatoms. The zero-order chi connectivity index (χ0) is 13.0. The summed E-state index contributed by atoms with van der Waals surface area (Å²) >= 11 is 0. The number of nitrogens with two attached hydrogens (primary N) is 1. The van der Waals surface area contributed by atoms with E-state index in [4.69, 9.17) is 10.5 Å². The van der Waals surface area contributed by atoms with Gasteiger partial charge in [0.1, 0.15) is 18.7 Å². The molecule has 0 fully saturated rings. The van der Waals surface area contributed by atoms with Crippen LogP contribution in [-0.4, -0.2) is 19.7 Å². The number of pyridine rings is 1. The van der Waals surface area contributed by atoms with E-state index in [1.54, 1.807) is 6.20 Å². The number of hydrogen-bond acceptors (Lipinski definition) is 5. The van der Waals surface area contributed by atoms with Crippen LogP contribution in [0.15, 0.2) is 24.7 Å². The van der Waals surface area contributed by atoms with Crippen LogP contribution in [0.5, 0.6) is 5.75 Å². The fourth-order valence-corrected chi connectivity index (χ4v) is 1.57. The summed E-state index contributed by atoms with van der Waals surface area (Å²) in [5.41, 5.74) is 6.32. The first-order chi connectivity index (χ1) is 8.70. The highest BCUT2D eigenvalue weighted by Crippen LogP contribution is 2.12. The van der Waals surface area contributed by atoms with E-state index in [1.807, 2.05) is 16.8 Å². The third-order valence-electron chi connectivity index (χ3n) is 2.51. The van der Waals surface area contributed by atoms with E-state index in [0.717, 1.165) is 11.5 Å². The molecule has 96 valence electrons. The maximum absolute atomic E-state index is 5.61. The van der Waals surface area contributed by atoms with Crippen molar-refractivity contribution < 1.29 is 4.74 Å². The fraction of sp³-hybridized carbons (Fsp3) is 0.417. The van der Waals surface area contributed by atoms with Gasteiger partial charge >= 0.3 is 0 Å². The summed E-state index contributed by atoms with van der Waals surface area (Å²) in [4.78, 5) is 8.33. The zero-order valence-electron chi connectivity index (χ0n) is 10.6. The number of aromatic nitrogens is 4. The summed E-state index contributed by atoms with van der Waals surface area (Å²) < 4.78 is 7.45. The average molecular weight is 247 g/mol. The molecular formula is C12H17N5O. The summed E-state index contributed by atoms with van der Waals surface area (Å²) in [7, 11) is 0. The van der Waals surface area contributed by atoms with Gasteiger partial charge < -0.3 is 10.5 Å². The van der Waals surface area contributed by atoms with Gasteiger partial charge in [-0.25, -0.2) is 9.67 Å². The minimum Gasteiger partial charge on any atom is -0.484 e. The molecule has 0 aromatic carbocycles. The molecule has 0 saturated heterocycles. The van der Waals surface area contributed by atoms with Crippen LogP contribution < -0.4 is 10.5 Å². The lowest BCUT2D eigenvalue weighted by molar-refractivity contribution is 0.281. The molecule has 0 bridgehead atoms. The van der Waals surface area contributed by atoms with E-state index in [2.05, 4.69) is 28.9 Å². The highest BCUT2D eigenvalue weighted by Gasteiger charge is 2.08. The van der Waals surface area contributed by atoms with Crippen LogP contribution in [0.25, 0.3) is 0 Å². The van der Waals surface area contributed by atoms with Crippen LogP contribution in [0, 0.1) is 0 Å². The number of hydrogen-bond donors (Lipinski definition) is 1. The first kappa shape index (κ1) is 12.5. The molecule has 0 radical (unpaired) electrons. The monoisotopic (exact) mass is 247 g/mol. The topological polar surface area (TPSA) is 78.8 Å². The molecule has 2 aromatic heterocycles. The average Bonchev–Trinajstić information content (AvgIpc) is 2.85. The predicted octanol–water partition coefficient (Wildman–Crippen LogP) is 1.29. The summed E-state index contributed by atoms with van der Waals surface area (Å²) in [5.74, 6) is 1.50. The molecule has 2 heterocycles. The van der Waals surface area contributed by atoms with E-state index in [1.165, 1.54) is 6.33 Å². The van der Waals surface area contributed by atoms with Crippen LogP contribution in [0.2, 0.25) is 0 Å². The van der Waals surface area contributed by atoms with Crippen molar-refractivity contribution in [1.29, 1.82) is 0 Å². The normalized spacial score (nSPS) is 10.9. The molecule has 0 aliphatic carbocycles. The largest absolute Gasteiger partial charge is 0.484 e. The number of ether oxygens (including phenoxy) is 1. The highest BCUT2D eigenvalue weighted by atomic mass is 16.5. The molecule has 0 atom stereocenters. The molecule has 18 heavy (non-hydrogen) atoms. The number of nitrogens with zero attached hydrogens (tertiary/aromatic N) is 4. The van der Waals surface area contributed by atoms with Gasteiger partial charge in [0.05, 0.1) is 11.9 Å². The Labute approximate surface area is 106 Å². The van der Waals surface area contributed by atoms with E-state index < -0.39 is 0 Å². The van der Waals surface area contributed by atoms with Crippen molar-refractivity contribution >= 4 is 0 Å². The SMILES string of the molecule is CC(C)n1ncnc1COc1ccc(CN)nc1. The Kier molecular flexibility index (Phi) is 3.88. The molecule has 2 N–H and O–H groups in total. The van der Waals surface area contributed by atoms with Gasteiger partial charge in [0.15, 0.2) is 5.82 Å². The third kappa shape index (κ3) is 2.84. The van der Waals surface area contributed by atoms with Crippen molar-refractivity contribution in [3.8, 4) is 5.75 Å². The van der Waals surface area contributed by atoms with Crippen molar-refractivity contribution in [2.75, 3.05) is 0 Å². The van der Waals surface area contributed by atoms with E-state index in [9.17, 15) is 0 Å². The summed E-state index contributed by atoms with van der Waals surface area (Å²) in [5, 5.41) is 4.15. The maximum atomic E-state index is 5.61. The van der Waals surface area contributed by atoms with Crippen molar-refractivity contribution in [3.05, 3.63) is 36.2 Å². The van der Waals surface area contributed by atoms with Crippen molar-refractivity contribution in [1.82, 2.24) is 19.7 Å². The van der Waals surface area contributed by atoms with Gasteiger partial charge in [0.2, 0.25) is 0 Å². The van der Waals surface area contributed by atoms with Gasteiger partial charge in [0.25, 0.3) is 0 Å². The highest BCUT2D eigenvalue weighted by molar-refractivity contribution is 5.19. The van der Waals surface area contributed by atoms with E-state index in [0.29, 0.717) is 18.9 Å². The fourth-order valence-electron chi connectivity index (χ4n) is 1.57. The Balaban J connectivity index is 2.00. The molecule has 0 spiro atoms. The maximum Gasteiger partial charge on any atom is 0.165 e. The summed E-state index contributed by atoms with van der Waals surface area (Å²) in [6.45, 7) is 4.91. The zero-order valence-corrected chi connectivity index (χ0v) is 10.6. The second-order valence-electron chi connectivity index (χ2n) is 4.19. The lowest BCUT2D eigenvalue weighted by Crippen LogP contribution is -2.10. The molecule has 2 rings (SSSR count). The smallest absolute Gasteiger partial charge is 0.165 e. The molecule has 6 nitrogen and oxygen atoms in total. The summed E-state index contributed by atoms with van der Waals surface area (Å²) in [6, 6.07) is 3.97. The first-order valence-electron chi connectivity index (χ1n) is 5.87. The molecular weight excluding hydrogens is 230 g/mol. The van der Waals surface area contributed by atoms with Crippen LogP contribution in [0.3, 0.4) is 0 Å². The first-order valence-corrected chi connectivity index (χ1v) is 5.87. The Hall–Kier alpha value is -1.95. The molecule has 2 aromatic rings. The van der Waals surface area contributed by atoms with Crippen molar-refractivity contribution in [2.24, 2.45) is 5.73 Å². The Bertz CT molecular complexity index is 491. The quantitative estimate of drug-likeness (QED) is 0.861. The van der Waals surface area contributed by atoms with E-state index in [-0.39, 0.29) is 6.04 Å². The molecule has 0 aliphatic rings. The van der Waals surface area contributed by atoms with E-state index >= 15 is 0 Å². The third-order valence-corrected chi connectivity index (χ3v) is 2.51. The lowest BCUT2D eigenvalue weighted by atomic mass is 10.3. The summed E-state index contributed by atoms with van der Waals surface area (Å²) in [6.07, 6.45) is 3.20. The Morgan fingerprint density at radius 3 is 2.78 bits per heavy atom. The molecule has 0 amide bonds. The molecule has 0 saturated carbocycles. The van der Waals surface area contributed by atoms with Gasteiger partial charge in [-0.15, -0.1) is 0 Å². The Morgan fingerprint density at radius 1 is 1.33 bits per heavy atom. The minimum absolute atomic E-state index is 0.267. The van der Waals surface area contributed by atoms with Crippen molar-refractivity contribution in [3.63, 3.8) is 0 Å². The number of rotatable bonds is 5. The van der Waals surface area contributed by atoms with Crippen LogP contribution in [0.4, 0.5) is 0 Å². The second-order valence-corrected chi connectivity index (χ2v) is 4.19. The van der Waals surface area contributed by atoms with Gasteiger partial charge in [-0.2, -0.15) is 5.10 Å². The van der Waals surface area contributed by atoms with Gasteiger partial charge in [-0.1, -0.05) is 0 Å². The van der Waals surface area contributed by atoms with Gasteiger partial charge in [-0.05, 0) is 26.0 Å². The van der Waals surface area contributed by atoms with Gasteiger partial charge in [-0.3, -0.25) is 4.98 Å². The van der Waals surface area contributed by atoms with Crippen LogP contribution in [-0.2, 0) is 13.2 Å². The van der Waals surface area contributed by atoms with Crippen molar-refractivity contribution in [2.45, 2.75) is 33.0 Å². The molecule has 0 aliphatic heterocycles. The predicted molar refractivity (Wildman–Crippen MR) is 66.9 cm³/mol. The lowest BCUT2D eigenvalue weighted by Gasteiger charge is -2.10. The van der Waals surface area contributed by atoms with Crippen LogP contribution in [0.1, 0.15) is 31.4 Å². The Morgan fingerprint density at radius 2 is 2.17 bits per heavy atom. The standard InChI is InChI=1S/C12H17N5O/c1-9(2)17-12(15-8-16-17)7-18-11-4-3-10(5-13)14-6-11/h3-4,6,8-9H,5,7,13H2,1-2H3. The van der Waals surface area contributed by atoms with Crippen LogP contribution >= 0.6 is 0 Å². The van der Waals surface area contributed by atoms with Gasteiger partial charge in [0, 0.05) is 12.6 Å². The minimum atomic E-state index is 0.267. The molecule has 0 unspecified atom stereocenters. The second kappa shape index (κ2) is 5.59.